The van der Waals surface area contributed by atoms with Crippen molar-refractivity contribution in [1.29, 1.82) is 0 Å². The molecule has 0 radical (unpaired) electrons. The summed E-state index contributed by atoms with van der Waals surface area (Å²) in [6, 6.07) is 0. The second-order valence-corrected chi connectivity index (χ2v) is 0. The molecule has 5 heteroatoms. The van der Waals surface area contributed by atoms with E-state index >= 15 is 0 Å². The van der Waals surface area contributed by atoms with Crippen LogP contribution in [0.1, 0.15) is 0 Å². The van der Waals surface area contributed by atoms with E-state index in [-0.39, 0.29) is 134 Å². The van der Waals surface area contributed by atoms with Crippen LogP contribution in [0.5, 0.6) is 0 Å². The van der Waals surface area contributed by atoms with Crippen molar-refractivity contribution in [2.24, 2.45) is 0 Å². The summed E-state index contributed by atoms with van der Waals surface area (Å²) in [5, 5.41) is 0. The maximum absolute atomic E-state index is 0. The van der Waals surface area contributed by atoms with Crippen LogP contribution in [0.15, 0.2) is 0 Å². The maximum atomic E-state index is 0. The zero-order chi connectivity index (χ0) is 0. The quantitative estimate of drug-likeness (QED) is 0.418. The number of rotatable bonds is 0. The normalized spacial score (nSPS) is 0. The van der Waals surface area contributed by atoms with Gasteiger partial charge in [-0.15, -0.1) is 0 Å². The van der Waals surface area contributed by atoms with Gasteiger partial charge in [-0.05, 0) is 0 Å². The van der Waals surface area contributed by atoms with Gasteiger partial charge >= 0.3 is 103 Å². The molecule has 0 aromatic carbocycles. The van der Waals surface area contributed by atoms with Gasteiger partial charge in [0.25, 0.3) is 0 Å². The molecule has 24 valence electrons. The van der Waals surface area contributed by atoms with Crippen molar-refractivity contribution in [2.75, 3.05) is 0 Å². The van der Waals surface area contributed by atoms with Gasteiger partial charge in [0.15, 0.2) is 0 Å². The molecule has 0 aliphatic rings. The molecule has 0 rings (SSSR count). The predicted molar refractivity (Wildman–Crippen MR) is 3.87 cm³/mol. The van der Waals surface area contributed by atoms with E-state index in [1.165, 1.54) is 0 Å². The van der Waals surface area contributed by atoms with Gasteiger partial charge in [-0.1, -0.05) is 0 Å². The van der Waals surface area contributed by atoms with Crippen molar-refractivity contribution >= 4 is 0 Å². The molecule has 0 aromatic rings. The molecule has 0 bridgehead atoms. The average Bonchev–Trinajstić information content (AvgIpc) is 0. The fraction of sp³-hybridized carbons (Fsp3) is 0. The van der Waals surface area contributed by atoms with Crippen molar-refractivity contribution in [1.82, 2.24) is 0 Å². The van der Waals surface area contributed by atoms with Crippen LogP contribution in [0.25, 0.3) is 0 Å². The van der Waals surface area contributed by atoms with Crippen molar-refractivity contribution < 1.29 is 134 Å². The summed E-state index contributed by atoms with van der Waals surface area (Å²) in [6.45, 7) is 0. The van der Waals surface area contributed by atoms with Crippen LogP contribution in [0.2, 0.25) is 0 Å². The van der Waals surface area contributed by atoms with E-state index in [4.69, 9.17) is 0 Å². The second kappa shape index (κ2) is 24.9. The Labute approximate surface area is 129 Å². The van der Waals surface area contributed by atoms with E-state index in [0.29, 0.717) is 0 Å². The average molecular weight is 302 g/mol. The molecule has 0 spiro atoms. The smallest absolute Gasteiger partial charge is 0.870 e. The van der Waals surface area contributed by atoms with Gasteiger partial charge in [-0.25, -0.2) is 0 Å². The van der Waals surface area contributed by atoms with Crippen LogP contribution < -0.4 is 103 Å². The van der Waals surface area contributed by atoms with E-state index in [2.05, 4.69) is 0 Å². The Morgan fingerprint density at radius 2 is 0.600 bits per heavy atom. The Kier molecular flexibility index (Phi) is 184. The molecule has 0 fully saturated rings. The first kappa shape index (κ1) is 36.9. The summed E-state index contributed by atoms with van der Waals surface area (Å²) in [6.07, 6.45) is 0. The van der Waals surface area contributed by atoms with Crippen LogP contribution in [0.4, 0.5) is 0 Å². The van der Waals surface area contributed by atoms with Gasteiger partial charge in [0.2, 0.25) is 0 Å². The monoisotopic (exact) mass is 304 g/mol. The first-order valence-electron chi connectivity index (χ1n) is 0. The largest absolute Gasteiger partial charge is 1.00 e. The maximum Gasteiger partial charge on any atom is 1.00 e. The molecule has 5 heavy (non-hydrogen) atoms. The Morgan fingerprint density at radius 3 is 0.600 bits per heavy atom. The number of hydrogen-bond donors (Lipinski definition) is 0. The van der Waals surface area contributed by atoms with Gasteiger partial charge in [0.1, 0.15) is 0 Å². The fourth-order valence-corrected chi connectivity index (χ4v) is 0. The summed E-state index contributed by atoms with van der Waals surface area (Å²) in [4.78, 5) is 0. The summed E-state index contributed by atoms with van der Waals surface area (Å²) in [5.74, 6) is 0. The predicted octanol–water partition coefficient (Wildman–Crippen LogP) is -6.35. The minimum Gasteiger partial charge on any atom is -0.870 e. The van der Waals surface area contributed by atoms with Gasteiger partial charge in [-0.2, -0.15) is 0 Å². The second-order valence-electron chi connectivity index (χ2n) is 0. The Bertz CT molecular complexity index is 7.61. The van der Waals surface area contributed by atoms with Crippen molar-refractivity contribution in [3.63, 3.8) is 0 Å². The van der Waals surface area contributed by atoms with Gasteiger partial charge in [0, 0.05) is 19.8 Å². The van der Waals surface area contributed by atoms with Crippen LogP contribution in [0.3, 0.4) is 0 Å². The Balaban J connectivity index is 0. The molecule has 0 aliphatic carbocycles. The van der Waals surface area contributed by atoms with Gasteiger partial charge < -0.3 is 11.0 Å². The molecule has 0 saturated carbocycles. The molecule has 0 heterocycles. The van der Waals surface area contributed by atoms with E-state index in [1.54, 1.807) is 0 Å². The minimum absolute atomic E-state index is 0. The van der Waals surface area contributed by atoms with Gasteiger partial charge in [0.05, 0.1) is 0 Å². The van der Waals surface area contributed by atoms with Crippen molar-refractivity contribution in [3.8, 4) is 0 Å². The van der Waals surface area contributed by atoms with E-state index in [1.807, 2.05) is 0 Å². The molecule has 0 amide bonds. The van der Waals surface area contributed by atoms with Crippen LogP contribution in [-0.2, 0) is 19.8 Å². The first-order valence-corrected chi connectivity index (χ1v) is 0. The zero-order valence-corrected chi connectivity index (χ0v) is 12.0. The topological polar surface area (TPSA) is 60.0 Å². The van der Waals surface area contributed by atoms with Crippen LogP contribution in [0, 0.1) is 0 Å². The molecule has 0 atom stereocenters. The number of hydrogen-bond acceptors (Lipinski definition) is 2. The Hall–Kier alpha value is 3.83. The molecule has 0 saturated heterocycles. The summed E-state index contributed by atoms with van der Waals surface area (Å²) in [5.41, 5.74) is 0. The van der Waals surface area contributed by atoms with E-state index in [0.717, 1.165) is 0 Å². The Morgan fingerprint density at radius 1 is 0.600 bits per heavy atom. The summed E-state index contributed by atoms with van der Waals surface area (Å²) >= 11 is 0. The molecular formula is H2K2O2Os. The van der Waals surface area contributed by atoms with Crippen molar-refractivity contribution in [2.45, 2.75) is 0 Å². The SMILES string of the molecule is [K+].[K+].[OH-].[OH-].[Os]. The summed E-state index contributed by atoms with van der Waals surface area (Å²) < 4.78 is 0. The molecule has 2 N–H and O–H groups in total. The fourth-order valence-electron chi connectivity index (χ4n) is 0. The van der Waals surface area contributed by atoms with E-state index < -0.39 is 0 Å². The standard InChI is InChI=1S/2K.2H2O.Os/h;;2*1H2;/q2*+1;;;/p-2. The minimum atomic E-state index is 0. The molecule has 0 aromatic heterocycles. The molecule has 2 nitrogen and oxygen atoms in total. The van der Waals surface area contributed by atoms with Gasteiger partial charge in [-0.3, -0.25) is 0 Å². The zero-order valence-electron chi connectivity index (χ0n) is 3.25. The molecule has 0 unspecified atom stereocenters. The van der Waals surface area contributed by atoms with E-state index in [9.17, 15) is 0 Å². The first-order chi connectivity index (χ1) is 0. The van der Waals surface area contributed by atoms with Crippen LogP contribution >= 0.6 is 0 Å². The molecule has 0 aliphatic heterocycles. The van der Waals surface area contributed by atoms with Crippen LogP contribution in [-0.4, -0.2) is 11.0 Å². The summed E-state index contributed by atoms with van der Waals surface area (Å²) in [7, 11) is 0. The van der Waals surface area contributed by atoms with Crippen molar-refractivity contribution in [3.05, 3.63) is 0 Å². The molecular weight excluding hydrogens is 300 g/mol. The third kappa shape index (κ3) is 18.1. The third-order valence-corrected chi connectivity index (χ3v) is 0. The third-order valence-electron chi connectivity index (χ3n) is 0.